The molecule has 1 atom stereocenters. The maximum absolute atomic E-state index is 12.4. The molecule has 1 saturated carbocycles. The molecule has 1 rings (SSSR count). The summed E-state index contributed by atoms with van der Waals surface area (Å²) < 4.78 is 20.5. The van der Waals surface area contributed by atoms with Gasteiger partial charge in [-0.25, -0.2) is 14.4 Å². The maximum atomic E-state index is 12.4. The molecule has 7 heteroatoms. The van der Waals surface area contributed by atoms with Crippen LogP contribution < -0.4 is 0 Å². The predicted octanol–water partition coefficient (Wildman–Crippen LogP) is 3.10. The van der Waals surface area contributed by atoms with E-state index in [1.54, 1.807) is 20.8 Å². The zero-order chi connectivity index (χ0) is 20.4. The van der Waals surface area contributed by atoms with Crippen molar-refractivity contribution in [3.63, 3.8) is 0 Å². The van der Waals surface area contributed by atoms with Gasteiger partial charge in [-0.15, -0.1) is 0 Å². The van der Waals surface area contributed by atoms with Crippen LogP contribution in [0, 0.1) is 0 Å². The molecule has 0 saturated heterocycles. The Balaban J connectivity index is 2.54. The van der Waals surface area contributed by atoms with E-state index in [4.69, 9.17) is 18.9 Å². The average molecular weight is 384 g/mol. The van der Waals surface area contributed by atoms with E-state index in [1.807, 2.05) is 0 Å². The van der Waals surface area contributed by atoms with Crippen LogP contribution in [0.5, 0.6) is 0 Å². The Labute approximate surface area is 161 Å². The molecular weight excluding hydrogens is 352 g/mol. The van der Waals surface area contributed by atoms with Crippen molar-refractivity contribution in [3.05, 3.63) is 12.2 Å². The summed E-state index contributed by atoms with van der Waals surface area (Å²) >= 11 is 0. The number of rotatable bonds is 7. The molecule has 1 aliphatic rings. The van der Waals surface area contributed by atoms with Gasteiger partial charge in [0.2, 0.25) is 0 Å². The number of hydrogen-bond donors (Lipinski definition) is 0. The summed E-state index contributed by atoms with van der Waals surface area (Å²) in [5, 5.41) is 0. The highest BCUT2D eigenvalue weighted by atomic mass is 16.6. The van der Waals surface area contributed by atoms with Gasteiger partial charge in [0.05, 0.1) is 5.57 Å². The maximum Gasteiger partial charge on any atom is 0.344 e. The molecule has 7 nitrogen and oxygen atoms in total. The summed E-state index contributed by atoms with van der Waals surface area (Å²) in [5.74, 6) is -2.25. The van der Waals surface area contributed by atoms with Gasteiger partial charge in [0.15, 0.2) is 12.7 Å². The minimum Gasteiger partial charge on any atom is -0.460 e. The highest BCUT2D eigenvalue weighted by Gasteiger charge is 2.31. The zero-order valence-corrected chi connectivity index (χ0v) is 16.9. The second kappa shape index (κ2) is 11.1. The molecule has 0 aliphatic heterocycles. The fraction of sp³-hybridized carbons (Fsp3) is 0.750. The molecule has 0 aromatic heterocycles. The van der Waals surface area contributed by atoms with E-state index >= 15 is 0 Å². The van der Waals surface area contributed by atoms with Gasteiger partial charge >= 0.3 is 17.9 Å². The van der Waals surface area contributed by atoms with Crippen LogP contribution in [0.4, 0.5) is 0 Å². The van der Waals surface area contributed by atoms with Gasteiger partial charge in [-0.3, -0.25) is 0 Å². The Morgan fingerprint density at radius 1 is 1.04 bits per heavy atom. The predicted molar refractivity (Wildman–Crippen MR) is 98.9 cm³/mol. The van der Waals surface area contributed by atoms with Crippen LogP contribution in [-0.4, -0.2) is 49.4 Å². The molecule has 1 aliphatic carbocycles. The summed E-state index contributed by atoms with van der Waals surface area (Å²) in [5.41, 5.74) is -0.895. The highest BCUT2D eigenvalue weighted by Crippen LogP contribution is 2.21. The van der Waals surface area contributed by atoms with Gasteiger partial charge in [0.25, 0.3) is 0 Å². The normalized spacial score (nSPS) is 17.2. The molecule has 27 heavy (non-hydrogen) atoms. The summed E-state index contributed by atoms with van der Waals surface area (Å²) in [7, 11) is 1.29. The van der Waals surface area contributed by atoms with Crippen molar-refractivity contribution in [2.24, 2.45) is 0 Å². The number of ether oxygens (including phenoxy) is 4. The quantitative estimate of drug-likeness (QED) is 0.378. The fourth-order valence-electron chi connectivity index (χ4n) is 2.84. The van der Waals surface area contributed by atoms with E-state index in [9.17, 15) is 14.4 Å². The lowest BCUT2D eigenvalue weighted by Gasteiger charge is -2.23. The molecule has 0 heterocycles. The van der Waals surface area contributed by atoms with E-state index in [2.05, 4.69) is 6.58 Å². The molecule has 0 aromatic rings. The Kier molecular flexibility index (Phi) is 9.49. The van der Waals surface area contributed by atoms with E-state index in [-0.39, 0.29) is 11.7 Å². The van der Waals surface area contributed by atoms with Crippen LogP contribution in [0.2, 0.25) is 0 Å². The number of carbonyl (C=O) groups is 3. The lowest BCUT2D eigenvalue weighted by molar-refractivity contribution is -0.167. The van der Waals surface area contributed by atoms with E-state index < -0.39 is 36.2 Å². The first kappa shape index (κ1) is 23.1. The molecule has 1 unspecified atom stereocenters. The highest BCUT2D eigenvalue weighted by molar-refractivity contribution is 5.97. The molecular formula is C20H32O7. The van der Waals surface area contributed by atoms with Gasteiger partial charge in [0, 0.05) is 7.11 Å². The first-order valence-corrected chi connectivity index (χ1v) is 9.45. The lowest BCUT2D eigenvalue weighted by Crippen LogP contribution is -2.35. The van der Waals surface area contributed by atoms with Crippen molar-refractivity contribution in [2.45, 2.75) is 83.5 Å². The molecule has 0 aromatic carbocycles. The smallest absolute Gasteiger partial charge is 0.344 e. The molecule has 0 bridgehead atoms. The van der Waals surface area contributed by atoms with Gasteiger partial charge in [0.1, 0.15) is 11.7 Å². The fourth-order valence-corrected chi connectivity index (χ4v) is 2.84. The first-order valence-electron chi connectivity index (χ1n) is 9.45. The van der Waals surface area contributed by atoms with E-state index in [1.165, 1.54) is 13.5 Å². The molecule has 154 valence electrons. The molecule has 0 spiro atoms. The van der Waals surface area contributed by atoms with E-state index in [0.29, 0.717) is 0 Å². The third-order valence-corrected chi connectivity index (χ3v) is 4.10. The first-order chi connectivity index (χ1) is 12.6. The number of esters is 3. The third-order valence-electron chi connectivity index (χ3n) is 4.10. The molecule has 0 amide bonds. The molecule has 1 fully saturated rings. The van der Waals surface area contributed by atoms with Crippen LogP contribution in [0.3, 0.4) is 0 Å². The minimum atomic E-state index is -1.26. The Hall–Kier alpha value is -1.89. The van der Waals surface area contributed by atoms with Crippen LogP contribution in [0.1, 0.15) is 65.7 Å². The minimum absolute atomic E-state index is 0.180. The van der Waals surface area contributed by atoms with Crippen LogP contribution >= 0.6 is 0 Å². The second-order valence-corrected chi connectivity index (χ2v) is 7.71. The Bertz CT molecular complexity index is 525. The second-order valence-electron chi connectivity index (χ2n) is 7.71. The topological polar surface area (TPSA) is 88.1 Å². The number of methoxy groups -OCH3 is 1. The molecule has 0 radical (unpaired) electrons. The molecule has 0 N–H and O–H groups in total. The summed E-state index contributed by atoms with van der Waals surface area (Å²) in [6, 6.07) is 0. The number of carbonyl (C=O) groups excluding carboxylic acids is 3. The Morgan fingerprint density at radius 3 is 2.11 bits per heavy atom. The summed E-state index contributed by atoms with van der Waals surface area (Å²) in [4.78, 5) is 36.1. The van der Waals surface area contributed by atoms with Crippen molar-refractivity contribution < 1.29 is 33.3 Å². The summed E-state index contributed by atoms with van der Waals surface area (Å²) in [6.45, 7) is 8.13. The van der Waals surface area contributed by atoms with Gasteiger partial charge in [-0.1, -0.05) is 25.8 Å². The van der Waals surface area contributed by atoms with Gasteiger partial charge in [-0.05, 0) is 46.5 Å². The monoisotopic (exact) mass is 384 g/mol. The van der Waals surface area contributed by atoms with Crippen molar-refractivity contribution in [2.75, 3.05) is 13.7 Å². The van der Waals surface area contributed by atoms with Crippen LogP contribution in [-0.2, 0) is 33.3 Å². The van der Waals surface area contributed by atoms with Crippen LogP contribution in [0.15, 0.2) is 12.2 Å². The van der Waals surface area contributed by atoms with Gasteiger partial charge in [-0.2, -0.15) is 0 Å². The third kappa shape index (κ3) is 9.04. The number of hydrogen-bond acceptors (Lipinski definition) is 7. The van der Waals surface area contributed by atoms with E-state index in [0.717, 1.165) is 38.5 Å². The lowest BCUT2D eigenvalue weighted by atomic mass is 9.98. The average Bonchev–Trinajstić information content (AvgIpc) is 2.54. The van der Waals surface area contributed by atoms with Crippen molar-refractivity contribution in [3.8, 4) is 0 Å². The Morgan fingerprint density at radius 2 is 1.59 bits per heavy atom. The summed E-state index contributed by atoms with van der Waals surface area (Å²) in [6.07, 6.45) is 5.65. The van der Waals surface area contributed by atoms with Crippen molar-refractivity contribution in [1.82, 2.24) is 0 Å². The standard InChI is InChI=1S/C20H32O7/c1-14(18(22)25-13-16(21)27-20(2,3)4)17(24-5)19(23)26-15-11-9-7-6-8-10-12-15/h15,17H,1,6-13H2,2-5H3. The zero-order valence-electron chi connectivity index (χ0n) is 16.9. The largest absolute Gasteiger partial charge is 0.460 e. The van der Waals surface area contributed by atoms with Gasteiger partial charge < -0.3 is 18.9 Å². The van der Waals surface area contributed by atoms with Crippen molar-refractivity contribution in [1.29, 1.82) is 0 Å². The van der Waals surface area contributed by atoms with Crippen molar-refractivity contribution >= 4 is 17.9 Å². The van der Waals surface area contributed by atoms with Crippen LogP contribution in [0.25, 0.3) is 0 Å². The SMILES string of the molecule is C=C(C(=O)OCC(=O)OC(C)(C)C)C(OC)C(=O)OC1CCCCCCC1.